The van der Waals surface area contributed by atoms with Crippen LogP contribution in [-0.4, -0.2) is 16.3 Å². The second kappa shape index (κ2) is 6.85. The van der Waals surface area contributed by atoms with Gasteiger partial charge in [-0.1, -0.05) is 33.8 Å². The zero-order valence-electron chi connectivity index (χ0n) is 13.2. The molecule has 2 aromatic rings. The summed E-state index contributed by atoms with van der Waals surface area (Å²) in [7, 11) is 0. The van der Waals surface area contributed by atoms with Gasteiger partial charge in [-0.2, -0.15) is 5.10 Å². The first kappa shape index (κ1) is 15.7. The monoisotopic (exact) mass is 289 g/mol. The van der Waals surface area contributed by atoms with Gasteiger partial charge in [0.1, 0.15) is 11.5 Å². The number of nitrogens with zero attached hydrogens (tertiary/aromatic N) is 2. The predicted molar refractivity (Wildman–Crippen MR) is 84.2 cm³/mol. The lowest BCUT2D eigenvalue weighted by Crippen LogP contribution is -2.19. The predicted octanol–water partition coefficient (Wildman–Crippen LogP) is 3.88. The molecular weight excluding hydrogens is 265 g/mol. The van der Waals surface area contributed by atoms with Crippen LogP contribution in [0.25, 0.3) is 5.69 Å². The molecule has 21 heavy (non-hydrogen) atoms. The highest BCUT2D eigenvalue weighted by Gasteiger charge is 2.09. The molecule has 0 aliphatic rings. The van der Waals surface area contributed by atoms with Crippen molar-refractivity contribution in [3.05, 3.63) is 47.5 Å². The summed E-state index contributed by atoms with van der Waals surface area (Å²) < 4.78 is 15.9. The van der Waals surface area contributed by atoms with Crippen LogP contribution >= 0.6 is 0 Å². The Labute approximate surface area is 126 Å². The molecule has 0 bridgehead atoms. The van der Waals surface area contributed by atoms with Crippen LogP contribution in [0.3, 0.4) is 0 Å². The zero-order chi connectivity index (χ0) is 15.4. The Morgan fingerprint density at radius 2 is 1.95 bits per heavy atom. The highest BCUT2D eigenvalue weighted by Crippen LogP contribution is 2.17. The minimum atomic E-state index is -0.239. The summed E-state index contributed by atoms with van der Waals surface area (Å²) >= 11 is 0. The van der Waals surface area contributed by atoms with Gasteiger partial charge < -0.3 is 5.32 Å². The molecule has 0 saturated carbocycles. The van der Waals surface area contributed by atoms with E-state index in [0.717, 1.165) is 17.8 Å². The number of halogens is 1. The Morgan fingerprint density at radius 1 is 1.19 bits per heavy atom. The number of hydrogen-bond acceptors (Lipinski definition) is 2. The summed E-state index contributed by atoms with van der Waals surface area (Å²) in [6.45, 7) is 10.1. The van der Waals surface area contributed by atoms with Crippen molar-refractivity contribution in [3.63, 3.8) is 0 Å². The summed E-state index contributed by atoms with van der Waals surface area (Å²) in [5.74, 6) is 0.693. The molecular formula is C17H24FN3. The molecule has 114 valence electrons. The Bertz CT molecular complexity index is 587. The quantitative estimate of drug-likeness (QED) is 0.874. The fourth-order valence-corrected chi connectivity index (χ4v) is 2.13. The van der Waals surface area contributed by atoms with Crippen LogP contribution < -0.4 is 5.32 Å². The van der Waals surface area contributed by atoms with Gasteiger partial charge in [-0.3, -0.25) is 0 Å². The standard InChI is InChI=1S/C17H24FN3/c1-12(2)10-19-11-14-5-6-17(15(18)9-14)21-8-7-16(20-21)13(3)4/h5-9,12-13,19H,10-11H2,1-4H3. The molecule has 3 nitrogen and oxygen atoms in total. The van der Waals surface area contributed by atoms with Gasteiger partial charge in [0.15, 0.2) is 0 Å². The largest absolute Gasteiger partial charge is 0.312 e. The zero-order valence-corrected chi connectivity index (χ0v) is 13.2. The highest BCUT2D eigenvalue weighted by atomic mass is 19.1. The van der Waals surface area contributed by atoms with Crippen molar-refractivity contribution >= 4 is 0 Å². The van der Waals surface area contributed by atoms with Crippen molar-refractivity contribution in [1.29, 1.82) is 0 Å². The molecule has 0 fully saturated rings. The smallest absolute Gasteiger partial charge is 0.149 e. The third-order valence-corrected chi connectivity index (χ3v) is 3.34. The molecule has 1 aromatic heterocycles. The molecule has 1 heterocycles. The summed E-state index contributed by atoms with van der Waals surface area (Å²) in [6, 6.07) is 7.25. The maximum atomic E-state index is 14.2. The van der Waals surface area contributed by atoms with E-state index in [1.54, 1.807) is 16.8 Å². The van der Waals surface area contributed by atoms with Gasteiger partial charge >= 0.3 is 0 Å². The molecule has 0 saturated heterocycles. The fraction of sp³-hybridized carbons (Fsp3) is 0.471. The SMILES string of the molecule is CC(C)CNCc1ccc(-n2ccc(C(C)C)n2)c(F)c1. The third kappa shape index (κ3) is 4.14. The average molecular weight is 289 g/mol. The number of nitrogens with one attached hydrogen (secondary N) is 1. The third-order valence-electron chi connectivity index (χ3n) is 3.34. The number of aromatic nitrogens is 2. The number of hydrogen-bond donors (Lipinski definition) is 1. The van der Waals surface area contributed by atoms with Gasteiger partial charge in [-0.25, -0.2) is 9.07 Å². The summed E-state index contributed by atoms with van der Waals surface area (Å²) in [5.41, 5.74) is 2.42. The van der Waals surface area contributed by atoms with E-state index in [0.29, 0.717) is 24.1 Å². The van der Waals surface area contributed by atoms with Gasteiger partial charge in [0, 0.05) is 12.7 Å². The van der Waals surface area contributed by atoms with E-state index in [1.165, 1.54) is 0 Å². The van der Waals surface area contributed by atoms with E-state index in [9.17, 15) is 4.39 Å². The second-order valence-electron chi connectivity index (χ2n) is 6.15. The normalized spacial score (nSPS) is 11.6. The lowest BCUT2D eigenvalue weighted by molar-refractivity contribution is 0.549. The van der Waals surface area contributed by atoms with Crippen molar-refractivity contribution < 1.29 is 4.39 Å². The molecule has 1 N–H and O–H groups in total. The maximum Gasteiger partial charge on any atom is 0.149 e. The summed E-state index contributed by atoms with van der Waals surface area (Å²) in [4.78, 5) is 0. The Balaban J connectivity index is 2.11. The lowest BCUT2D eigenvalue weighted by atomic mass is 10.1. The topological polar surface area (TPSA) is 29.9 Å². The molecule has 0 unspecified atom stereocenters. The van der Waals surface area contributed by atoms with Crippen molar-refractivity contribution in [2.24, 2.45) is 5.92 Å². The van der Waals surface area contributed by atoms with Crippen LogP contribution in [0, 0.1) is 11.7 Å². The first-order valence-corrected chi connectivity index (χ1v) is 7.52. The van der Waals surface area contributed by atoms with E-state index in [2.05, 4.69) is 38.1 Å². The summed E-state index contributed by atoms with van der Waals surface area (Å²) in [5, 5.41) is 7.73. The van der Waals surface area contributed by atoms with Gasteiger partial charge in [0.2, 0.25) is 0 Å². The van der Waals surface area contributed by atoms with Crippen LogP contribution in [-0.2, 0) is 6.54 Å². The van der Waals surface area contributed by atoms with Gasteiger partial charge in [-0.05, 0) is 42.1 Å². The molecule has 4 heteroatoms. The second-order valence-corrected chi connectivity index (χ2v) is 6.15. The van der Waals surface area contributed by atoms with Crippen LogP contribution in [0.5, 0.6) is 0 Å². The van der Waals surface area contributed by atoms with Crippen molar-refractivity contribution in [1.82, 2.24) is 15.1 Å². The molecule has 0 aliphatic heterocycles. The first-order valence-electron chi connectivity index (χ1n) is 7.52. The Hall–Kier alpha value is -1.68. The number of rotatable bonds is 6. The van der Waals surface area contributed by atoms with Gasteiger partial charge in [0.25, 0.3) is 0 Å². The lowest BCUT2D eigenvalue weighted by Gasteiger charge is -2.09. The van der Waals surface area contributed by atoms with Crippen molar-refractivity contribution in [2.75, 3.05) is 6.54 Å². The van der Waals surface area contributed by atoms with E-state index >= 15 is 0 Å². The first-order chi connectivity index (χ1) is 9.97. The summed E-state index contributed by atoms with van der Waals surface area (Å²) in [6.07, 6.45) is 1.81. The molecule has 1 aromatic carbocycles. The van der Waals surface area contributed by atoms with Gasteiger partial charge in [-0.15, -0.1) is 0 Å². The Kier molecular flexibility index (Phi) is 5.12. The van der Waals surface area contributed by atoms with Crippen LogP contribution in [0.1, 0.15) is 44.9 Å². The Morgan fingerprint density at radius 3 is 2.52 bits per heavy atom. The molecule has 2 rings (SSSR count). The van der Waals surface area contributed by atoms with Crippen molar-refractivity contribution in [3.8, 4) is 5.69 Å². The van der Waals surface area contributed by atoms with E-state index in [-0.39, 0.29) is 5.82 Å². The van der Waals surface area contributed by atoms with Gasteiger partial charge in [0.05, 0.1) is 5.69 Å². The highest BCUT2D eigenvalue weighted by molar-refractivity contribution is 5.36. The average Bonchev–Trinajstić information content (AvgIpc) is 2.88. The minimum Gasteiger partial charge on any atom is -0.312 e. The number of benzene rings is 1. The molecule has 0 spiro atoms. The van der Waals surface area contributed by atoms with E-state index in [4.69, 9.17) is 0 Å². The molecule has 0 aliphatic carbocycles. The van der Waals surface area contributed by atoms with Crippen LogP contribution in [0.2, 0.25) is 0 Å². The van der Waals surface area contributed by atoms with Crippen LogP contribution in [0.15, 0.2) is 30.5 Å². The minimum absolute atomic E-state index is 0.239. The van der Waals surface area contributed by atoms with E-state index in [1.807, 2.05) is 18.3 Å². The van der Waals surface area contributed by atoms with E-state index < -0.39 is 0 Å². The van der Waals surface area contributed by atoms with Crippen LogP contribution in [0.4, 0.5) is 4.39 Å². The molecule has 0 atom stereocenters. The molecule has 0 amide bonds. The maximum absolute atomic E-state index is 14.2. The molecule has 0 radical (unpaired) electrons. The fourth-order valence-electron chi connectivity index (χ4n) is 2.13. The van der Waals surface area contributed by atoms with Crippen molar-refractivity contribution in [2.45, 2.75) is 40.2 Å².